The zero-order chi connectivity index (χ0) is 10.1. The van der Waals surface area contributed by atoms with E-state index in [9.17, 15) is 5.11 Å². The van der Waals surface area contributed by atoms with Crippen LogP contribution in [0.5, 0.6) is 0 Å². The van der Waals surface area contributed by atoms with E-state index in [2.05, 4.69) is 27.7 Å². The fourth-order valence-corrected chi connectivity index (χ4v) is 3.73. The molecule has 2 fully saturated rings. The summed E-state index contributed by atoms with van der Waals surface area (Å²) in [5.74, 6) is 0.729. The van der Waals surface area contributed by atoms with Crippen molar-refractivity contribution in [1.29, 1.82) is 0 Å². The van der Waals surface area contributed by atoms with E-state index in [-0.39, 0.29) is 11.5 Å². The second kappa shape index (κ2) is 2.13. The summed E-state index contributed by atoms with van der Waals surface area (Å²) >= 11 is 0. The van der Waals surface area contributed by atoms with Crippen molar-refractivity contribution in [1.82, 2.24) is 0 Å². The Morgan fingerprint density at radius 2 is 1.46 bits per heavy atom. The van der Waals surface area contributed by atoms with Gasteiger partial charge in [-0.05, 0) is 41.9 Å². The molecule has 2 aliphatic carbocycles. The monoisotopic (exact) mass is 182 g/mol. The van der Waals surface area contributed by atoms with Crippen molar-refractivity contribution < 1.29 is 5.11 Å². The molecule has 0 bridgehead atoms. The smallest absolute Gasteiger partial charge is 0.0571 e. The molecule has 1 unspecified atom stereocenters. The van der Waals surface area contributed by atoms with Crippen molar-refractivity contribution in [3.05, 3.63) is 0 Å². The van der Waals surface area contributed by atoms with E-state index in [1.807, 2.05) is 6.92 Å². The number of aliphatic hydroxyl groups is 1. The van der Waals surface area contributed by atoms with Crippen LogP contribution >= 0.6 is 0 Å². The fraction of sp³-hybridized carbons (Fsp3) is 1.00. The molecule has 0 aliphatic heterocycles. The third-order valence-electron chi connectivity index (χ3n) is 5.26. The Morgan fingerprint density at radius 3 is 1.54 bits per heavy atom. The molecule has 1 heteroatoms. The molecule has 0 amide bonds. The van der Waals surface area contributed by atoms with E-state index in [1.165, 1.54) is 12.8 Å². The zero-order valence-corrected chi connectivity index (χ0v) is 9.52. The lowest BCUT2D eigenvalue weighted by molar-refractivity contribution is 0.0826. The summed E-state index contributed by atoms with van der Waals surface area (Å²) < 4.78 is 0. The molecule has 76 valence electrons. The SMILES string of the molecule is CC(O)C1(C2C(C)(C)C2(C)C)CC1. The van der Waals surface area contributed by atoms with Gasteiger partial charge in [-0.15, -0.1) is 0 Å². The maximum absolute atomic E-state index is 9.82. The molecular formula is C12H22O. The average molecular weight is 182 g/mol. The third kappa shape index (κ3) is 0.918. The Kier molecular flexibility index (Phi) is 1.56. The molecule has 1 nitrogen and oxygen atoms in total. The summed E-state index contributed by atoms with van der Waals surface area (Å²) in [4.78, 5) is 0. The van der Waals surface area contributed by atoms with E-state index >= 15 is 0 Å². The molecule has 2 saturated carbocycles. The predicted octanol–water partition coefficient (Wildman–Crippen LogP) is 2.83. The molecule has 1 N–H and O–H groups in total. The van der Waals surface area contributed by atoms with Crippen LogP contribution in [0.1, 0.15) is 47.5 Å². The Bertz CT molecular complexity index is 220. The maximum Gasteiger partial charge on any atom is 0.0571 e. The molecule has 2 rings (SSSR count). The van der Waals surface area contributed by atoms with Crippen molar-refractivity contribution in [3.8, 4) is 0 Å². The van der Waals surface area contributed by atoms with Gasteiger partial charge in [-0.2, -0.15) is 0 Å². The Morgan fingerprint density at radius 1 is 1.08 bits per heavy atom. The molecule has 13 heavy (non-hydrogen) atoms. The summed E-state index contributed by atoms with van der Waals surface area (Å²) in [5, 5.41) is 9.82. The van der Waals surface area contributed by atoms with Gasteiger partial charge in [-0.25, -0.2) is 0 Å². The van der Waals surface area contributed by atoms with Gasteiger partial charge in [0, 0.05) is 0 Å². The standard InChI is InChI=1S/C12H22O/c1-8(13)12(6-7-12)9-10(2,3)11(9,4)5/h8-9,13H,6-7H2,1-5H3. The first-order valence-corrected chi connectivity index (χ1v) is 5.45. The highest BCUT2D eigenvalue weighted by Crippen LogP contribution is 2.80. The Hall–Kier alpha value is -0.0400. The van der Waals surface area contributed by atoms with Crippen molar-refractivity contribution >= 4 is 0 Å². The topological polar surface area (TPSA) is 20.2 Å². The van der Waals surface area contributed by atoms with Gasteiger partial charge in [0.05, 0.1) is 6.10 Å². The van der Waals surface area contributed by atoms with Crippen LogP contribution < -0.4 is 0 Å². The normalized spacial score (nSPS) is 35.5. The largest absolute Gasteiger partial charge is 0.393 e. The van der Waals surface area contributed by atoms with Crippen molar-refractivity contribution in [2.45, 2.75) is 53.6 Å². The molecule has 0 aromatic rings. The van der Waals surface area contributed by atoms with E-state index in [1.54, 1.807) is 0 Å². The van der Waals surface area contributed by atoms with Crippen LogP contribution in [0.15, 0.2) is 0 Å². The van der Waals surface area contributed by atoms with Crippen LogP contribution in [0.3, 0.4) is 0 Å². The van der Waals surface area contributed by atoms with Gasteiger partial charge in [0.2, 0.25) is 0 Å². The molecule has 0 spiro atoms. The summed E-state index contributed by atoms with van der Waals surface area (Å²) in [7, 11) is 0. The highest BCUT2D eigenvalue weighted by atomic mass is 16.3. The summed E-state index contributed by atoms with van der Waals surface area (Å²) in [6, 6.07) is 0. The zero-order valence-electron chi connectivity index (χ0n) is 9.52. The van der Waals surface area contributed by atoms with Gasteiger partial charge in [0.25, 0.3) is 0 Å². The first-order valence-electron chi connectivity index (χ1n) is 5.45. The minimum absolute atomic E-state index is 0.112. The highest BCUT2D eigenvalue weighted by Gasteiger charge is 2.75. The molecular weight excluding hydrogens is 160 g/mol. The molecule has 0 saturated heterocycles. The molecule has 0 heterocycles. The van der Waals surface area contributed by atoms with Crippen LogP contribution in [-0.4, -0.2) is 11.2 Å². The maximum atomic E-state index is 9.82. The predicted molar refractivity (Wildman–Crippen MR) is 54.4 cm³/mol. The fourth-order valence-electron chi connectivity index (χ4n) is 3.73. The van der Waals surface area contributed by atoms with Crippen molar-refractivity contribution in [2.24, 2.45) is 22.2 Å². The van der Waals surface area contributed by atoms with Gasteiger partial charge in [0.1, 0.15) is 0 Å². The van der Waals surface area contributed by atoms with Gasteiger partial charge < -0.3 is 5.11 Å². The first kappa shape index (κ1) is 9.51. The van der Waals surface area contributed by atoms with E-state index in [4.69, 9.17) is 0 Å². The quantitative estimate of drug-likeness (QED) is 0.696. The lowest BCUT2D eigenvalue weighted by Crippen LogP contribution is -2.23. The van der Waals surface area contributed by atoms with E-state index in [0.717, 1.165) is 5.92 Å². The number of hydrogen-bond acceptors (Lipinski definition) is 1. The third-order valence-corrected chi connectivity index (χ3v) is 5.26. The molecule has 0 radical (unpaired) electrons. The van der Waals surface area contributed by atoms with Crippen LogP contribution in [0.4, 0.5) is 0 Å². The Labute approximate surface area is 81.5 Å². The molecule has 0 aromatic carbocycles. The summed E-state index contributed by atoms with van der Waals surface area (Å²) in [6.07, 6.45) is 2.36. The molecule has 0 aromatic heterocycles. The van der Waals surface area contributed by atoms with Gasteiger partial charge >= 0.3 is 0 Å². The molecule has 1 atom stereocenters. The number of rotatable bonds is 2. The van der Waals surface area contributed by atoms with E-state index < -0.39 is 0 Å². The van der Waals surface area contributed by atoms with Gasteiger partial charge in [-0.1, -0.05) is 27.7 Å². The minimum Gasteiger partial charge on any atom is -0.393 e. The second-order valence-corrected chi connectivity index (χ2v) is 6.29. The van der Waals surface area contributed by atoms with Gasteiger partial charge in [0.15, 0.2) is 0 Å². The van der Waals surface area contributed by atoms with Crippen LogP contribution in [-0.2, 0) is 0 Å². The number of hydrogen-bond donors (Lipinski definition) is 1. The second-order valence-electron chi connectivity index (χ2n) is 6.29. The van der Waals surface area contributed by atoms with Crippen molar-refractivity contribution in [3.63, 3.8) is 0 Å². The minimum atomic E-state index is -0.112. The lowest BCUT2D eigenvalue weighted by atomic mass is 9.88. The van der Waals surface area contributed by atoms with Crippen molar-refractivity contribution in [2.75, 3.05) is 0 Å². The van der Waals surface area contributed by atoms with Crippen LogP contribution in [0, 0.1) is 22.2 Å². The summed E-state index contributed by atoms with van der Waals surface area (Å²) in [5.41, 5.74) is 1.15. The van der Waals surface area contributed by atoms with Crippen LogP contribution in [0.25, 0.3) is 0 Å². The van der Waals surface area contributed by atoms with E-state index in [0.29, 0.717) is 10.8 Å². The number of aliphatic hydroxyl groups excluding tert-OH is 1. The molecule has 2 aliphatic rings. The van der Waals surface area contributed by atoms with Crippen LogP contribution in [0.2, 0.25) is 0 Å². The lowest BCUT2D eigenvalue weighted by Gasteiger charge is -2.20. The summed E-state index contributed by atoms with van der Waals surface area (Å²) in [6.45, 7) is 11.4. The highest BCUT2D eigenvalue weighted by molar-refractivity contribution is 5.23. The Balaban J connectivity index is 2.22. The first-order chi connectivity index (χ1) is 5.77. The average Bonchev–Trinajstić information content (AvgIpc) is 2.74. The van der Waals surface area contributed by atoms with Gasteiger partial charge in [-0.3, -0.25) is 0 Å².